The highest BCUT2D eigenvalue weighted by Gasteiger charge is 2.23. The summed E-state index contributed by atoms with van der Waals surface area (Å²) in [6.07, 6.45) is 1.77. The molecule has 1 fully saturated rings. The van der Waals surface area contributed by atoms with E-state index >= 15 is 0 Å². The van der Waals surface area contributed by atoms with E-state index in [0.717, 1.165) is 19.2 Å². The summed E-state index contributed by atoms with van der Waals surface area (Å²) in [6, 6.07) is 4.02. The molecule has 1 amide bonds. The summed E-state index contributed by atoms with van der Waals surface area (Å²) in [6.45, 7) is 3.20. The number of carbonyl (C=O) groups is 2. The molecule has 1 saturated heterocycles. The molecule has 1 atom stereocenters. The number of benzene rings is 1. The number of rotatable bonds is 5. The molecule has 1 unspecified atom stereocenters. The Kier molecular flexibility index (Phi) is 5.38. The van der Waals surface area contributed by atoms with Crippen LogP contribution < -0.4 is 10.6 Å². The zero-order chi connectivity index (χ0) is 17.0. The molecule has 1 aliphatic rings. The lowest BCUT2D eigenvalue weighted by molar-refractivity contribution is -0.119. The van der Waals surface area contributed by atoms with Gasteiger partial charge in [-0.05, 0) is 38.1 Å². The number of carbonyl (C=O) groups excluding carboxylic acids is 2. The number of anilines is 1. The Hall–Kier alpha value is -1.93. The molecule has 0 aliphatic carbocycles. The van der Waals surface area contributed by atoms with Crippen LogP contribution in [0.25, 0.3) is 0 Å². The van der Waals surface area contributed by atoms with E-state index in [9.17, 15) is 18.0 Å². The maximum absolute atomic E-state index is 12.2. The Morgan fingerprint density at radius 1 is 1.35 bits per heavy atom. The van der Waals surface area contributed by atoms with Crippen molar-refractivity contribution in [1.29, 1.82) is 0 Å². The van der Waals surface area contributed by atoms with Gasteiger partial charge in [-0.25, -0.2) is 13.2 Å². The first-order valence-electron chi connectivity index (χ1n) is 7.35. The highest BCUT2D eigenvalue weighted by atomic mass is 32.2. The lowest BCUT2D eigenvalue weighted by Gasteiger charge is -2.12. The number of ether oxygens (including phenoxy) is 1. The highest BCUT2D eigenvalue weighted by molar-refractivity contribution is 7.90. The minimum atomic E-state index is -3.52. The van der Waals surface area contributed by atoms with Crippen LogP contribution in [0.1, 0.15) is 23.7 Å². The van der Waals surface area contributed by atoms with Crippen LogP contribution in [0.3, 0.4) is 0 Å². The predicted molar refractivity (Wildman–Crippen MR) is 85.1 cm³/mol. The quantitative estimate of drug-likeness (QED) is 0.769. The standard InChI is InChI=1S/C15H20N2O5S/c1-3-22-15(19)11-6-12(8-13(7-11)23(2,20)21)17-14(18)10-4-5-16-9-10/h6-8,10,16H,3-5,9H2,1-2H3,(H,17,18). The number of hydrogen-bond donors (Lipinski definition) is 2. The van der Waals surface area contributed by atoms with E-state index in [1.165, 1.54) is 18.2 Å². The minimum Gasteiger partial charge on any atom is -0.462 e. The van der Waals surface area contributed by atoms with Gasteiger partial charge in [-0.1, -0.05) is 0 Å². The number of sulfone groups is 1. The molecule has 1 heterocycles. The molecule has 1 aromatic carbocycles. The van der Waals surface area contributed by atoms with Crippen molar-refractivity contribution < 1.29 is 22.7 Å². The first-order chi connectivity index (χ1) is 10.8. The van der Waals surface area contributed by atoms with Crippen LogP contribution in [0.5, 0.6) is 0 Å². The molecule has 1 aromatic rings. The van der Waals surface area contributed by atoms with Crippen LogP contribution in [-0.2, 0) is 19.4 Å². The first kappa shape index (κ1) is 17.4. The molecule has 2 N–H and O–H groups in total. The highest BCUT2D eigenvalue weighted by Crippen LogP contribution is 2.21. The van der Waals surface area contributed by atoms with Crippen LogP contribution in [-0.4, -0.2) is 46.2 Å². The molecule has 1 aliphatic heterocycles. The molecule has 0 aromatic heterocycles. The van der Waals surface area contributed by atoms with Gasteiger partial charge in [-0.3, -0.25) is 4.79 Å². The molecule has 2 rings (SSSR count). The van der Waals surface area contributed by atoms with Crippen LogP contribution in [0, 0.1) is 5.92 Å². The summed E-state index contributed by atoms with van der Waals surface area (Å²) in [5.41, 5.74) is 0.363. The van der Waals surface area contributed by atoms with Gasteiger partial charge in [0, 0.05) is 18.5 Å². The summed E-state index contributed by atoms with van der Waals surface area (Å²) < 4.78 is 28.5. The summed E-state index contributed by atoms with van der Waals surface area (Å²) >= 11 is 0. The monoisotopic (exact) mass is 340 g/mol. The second-order valence-electron chi connectivity index (χ2n) is 5.42. The van der Waals surface area contributed by atoms with Crippen molar-refractivity contribution in [3.63, 3.8) is 0 Å². The van der Waals surface area contributed by atoms with E-state index in [2.05, 4.69) is 10.6 Å². The summed E-state index contributed by atoms with van der Waals surface area (Å²) in [5, 5.41) is 5.77. The molecule has 8 heteroatoms. The van der Waals surface area contributed by atoms with Crippen molar-refractivity contribution in [3.8, 4) is 0 Å². The lowest BCUT2D eigenvalue weighted by Crippen LogP contribution is -2.25. The Labute approximate surface area is 135 Å². The summed E-state index contributed by atoms with van der Waals surface area (Å²) in [4.78, 5) is 24.0. The molecule has 7 nitrogen and oxygen atoms in total. The average Bonchev–Trinajstić information content (AvgIpc) is 3.00. The normalized spacial score (nSPS) is 17.7. The molecule has 0 bridgehead atoms. The van der Waals surface area contributed by atoms with Crippen molar-refractivity contribution >= 4 is 27.4 Å². The Balaban J connectivity index is 2.31. The lowest BCUT2D eigenvalue weighted by atomic mass is 10.1. The third-order valence-corrected chi connectivity index (χ3v) is 4.64. The van der Waals surface area contributed by atoms with Gasteiger partial charge in [-0.2, -0.15) is 0 Å². The third-order valence-electron chi connectivity index (χ3n) is 3.54. The first-order valence-corrected chi connectivity index (χ1v) is 9.24. The molecule has 126 valence electrons. The van der Waals surface area contributed by atoms with Crippen LogP contribution in [0.4, 0.5) is 5.69 Å². The Morgan fingerprint density at radius 2 is 2.09 bits per heavy atom. The van der Waals surface area contributed by atoms with E-state index in [1.54, 1.807) is 6.92 Å². The largest absolute Gasteiger partial charge is 0.462 e. The van der Waals surface area contributed by atoms with Crippen molar-refractivity contribution in [2.75, 3.05) is 31.3 Å². The van der Waals surface area contributed by atoms with Gasteiger partial charge in [0.2, 0.25) is 5.91 Å². The maximum Gasteiger partial charge on any atom is 0.338 e. The summed E-state index contributed by atoms with van der Waals surface area (Å²) in [7, 11) is -3.52. The fourth-order valence-corrected chi connectivity index (χ4v) is 3.02. The molecule has 0 spiro atoms. The Morgan fingerprint density at radius 3 is 2.65 bits per heavy atom. The maximum atomic E-state index is 12.2. The minimum absolute atomic E-state index is 0.0390. The number of amides is 1. The number of hydrogen-bond acceptors (Lipinski definition) is 6. The second kappa shape index (κ2) is 7.10. The van der Waals surface area contributed by atoms with Gasteiger partial charge in [-0.15, -0.1) is 0 Å². The average molecular weight is 340 g/mol. The van der Waals surface area contributed by atoms with Crippen molar-refractivity contribution in [1.82, 2.24) is 5.32 Å². The Bertz CT molecular complexity index is 709. The van der Waals surface area contributed by atoms with E-state index in [-0.39, 0.29) is 34.6 Å². The molecule has 0 saturated carbocycles. The van der Waals surface area contributed by atoms with Crippen LogP contribution in [0.15, 0.2) is 23.1 Å². The summed E-state index contributed by atoms with van der Waals surface area (Å²) in [5.74, 6) is -0.991. The molecular weight excluding hydrogens is 320 g/mol. The zero-order valence-corrected chi connectivity index (χ0v) is 13.9. The van der Waals surface area contributed by atoms with Crippen LogP contribution in [0.2, 0.25) is 0 Å². The molecule has 23 heavy (non-hydrogen) atoms. The topological polar surface area (TPSA) is 102 Å². The van der Waals surface area contributed by atoms with Crippen LogP contribution >= 0.6 is 0 Å². The third kappa shape index (κ3) is 4.52. The van der Waals surface area contributed by atoms with Gasteiger partial charge in [0.1, 0.15) is 0 Å². The van der Waals surface area contributed by atoms with Gasteiger partial charge in [0.05, 0.1) is 23.0 Å². The van der Waals surface area contributed by atoms with E-state index < -0.39 is 15.8 Å². The van der Waals surface area contributed by atoms with Gasteiger partial charge < -0.3 is 15.4 Å². The fourth-order valence-electron chi connectivity index (χ4n) is 2.34. The van der Waals surface area contributed by atoms with E-state index in [1.807, 2.05) is 0 Å². The van der Waals surface area contributed by atoms with Crippen molar-refractivity contribution in [2.45, 2.75) is 18.2 Å². The van der Waals surface area contributed by atoms with Crippen molar-refractivity contribution in [3.05, 3.63) is 23.8 Å². The number of nitrogens with one attached hydrogen (secondary N) is 2. The molecular formula is C15H20N2O5S. The SMILES string of the molecule is CCOC(=O)c1cc(NC(=O)C2CCNC2)cc(S(C)(=O)=O)c1. The van der Waals surface area contributed by atoms with E-state index in [4.69, 9.17) is 4.74 Å². The smallest absolute Gasteiger partial charge is 0.338 e. The predicted octanol–water partition coefficient (Wildman–Crippen LogP) is 0.815. The second-order valence-corrected chi connectivity index (χ2v) is 7.43. The van der Waals surface area contributed by atoms with Gasteiger partial charge in [0.25, 0.3) is 0 Å². The number of esters is 1. The van der Waals surface area contributed by atoms with Gasteiger partial charge >= 0.3 is 5.97 Å². The molecule has 0 radical (unpaired) electrons. The van der Waals surface area contributed by atoms with E-state index in [0.29, 0.717) is 6.54 Å². The fraction of sp³-hybridized carbons (Fsp3) is 0.467. The zero-order valence-electron chi connectivity index (χ0n) is 13.1. The van der Waals surface area contributed by atoms with Crippen molar-refractivity contribution in [2.24, 2.45) is 5.92 Å². The van der Waals surface area contributed by atoms with Gasteiger partial charge in [0.15, 0.2) is 9.84 Å².